The lowest BCUT2D eigenvalue weighted by Gasteiger charge is -2.37. The van der Waals surface area contributed by atoms with Crippen LogP contribution in [-0.4, -0.2) is 48.2 Å². The van der Waals surface area contributed by atoms with Crippen LogP contribution in [0.15, 0.2) is 48.5 Å². The minimum Gasteiger partial charge on any atom is -0.489 e. The van der Waals surface area contributed by atoms with Crippen molar-refractivity contribution in [3.8, 4) is 5.75 Å². The van der Waals surface area contributed by atoms with E-state index >= 15 is 0 Å². The van der Waals surface area contributed by atoms with Gasteiger partial charge in [0.15, 0.2) is 0 Å². The van der Waals surface area contributed by atoms with Crippen LogP contribution in [0.25, 0.3) is 0 Å². The van der Waals surface area contributed by atoms with Crippen LogP contribution in [0, 0.1) is 0 Å². The molecule has 0 aliphatic carbocycles. The summed E-state index contributed by atoms with van der Waals surface area (Å²) in [5, 5.41) is 6.26. The monoisotopic (exact) mass is 467 g/mol. The average molecular weight is 468 g/mol. The van der Waals surface area contributed by atoms with E-state index in [1.807, 2.05) is 69.3 Å². The van der Waals surface area contributed by atoms with Crippen molar-refractivity contribution in [2.75, 3.05) is 19.6 Å². The highest BCUT2D eigenvalue weighted by molar-refractivity contribution is 5.88. The van der Waals surface area contributed by atoms with E-state index in [4.69, 9.17) is 9.47 Å². The fourth-order valence-corrected chi connectivity index (χ4v) is 3.88. The van der Waals surface area contributed by atoms with Gasteiger partial charge < -0.3 is 20.1 Å². The van der Waals surface area contributed by atoms with Gasteiger partial charge in [0, 0.05) is 25.7 Å². The number of carbonyl (C=O) groups excluding carboxylic acids is 2. The van der Waals surface area contributed by atoms with Gasteiger partial charge >= 0.3 is 6.09 Å². The van der Waals surface area contributed by atoms with E-state index in [1.165, 1.54) is 4.90 Å². The molecule has 2 N–H and O–H groups in total. The maximum absolute atomic E-state index is 13.3. The van der Waals surface area contributed by atoms with Crippen LogP contribution >= 0.6 is 0 Å². The number of amides is 2. The molecule has 34 heavy (non-hydrogen) atoms. The van der Waals surface area contributed by atoms with Gasteiger partial charge in [0.05, 0.1) is 0 Å². The molecule has 0 spiro atoms. The topological polar surface area (TPSA) is 79.9 Å². The van der Waals surface area contributed by atoms with Crippen LogP contribution < -0.4 is 15.4 Å². The minimum absolute atomic E-state index is 0.213. The Morgan fingerprint density at radius 1 is 1.09 bits per heavy atom. The SMILES string of the molecule is CC(C)NCCNC(=O)C1c2ccc(OCc3ccccc3)cc2CCN1C(=O)OC(C)(C)C. The summed E-state index contributed by atoms with van der Waals surface area (Å²) in [6.07, 6.45) is 0.138. The van der Waals surface area contributed by atoms with Gasteiger partial charge in [0.1, 0.15) is 24.0 Å². The number of fused-ring (bicyclic) bond motifs is 1. The second-order valence-corrected chi connectivity index (χ2v) is 9.86. The van der Waals surface area contributed by atoms with Crippen molar-refractivity contribution in [2.24, 2.45) is 0 Å². The molecule has 3 rings (SSSR count). The lowest BCUT2D eigenvalue weighted by atomic mass is 9.92. The first-order chi connectivity index (χ1) is 16.1. The number of carbonyl (C=O) groups is 2. The van der Waals surface area contributed by atoms with Gasteiger partial charge in [-0.05, 0) is 56.0 Å². The number of hydrogen-bond donors (Lipinski definition) is 2. The number of ether oxygens (including phenoxy) is 2. The Bertz CT molecular complexity index is 970. The standard InChI is InChI=1S/C27H37N3O4/c1-19(2)28-14-15-29-25(31)24-23-12-11-22(33-18-20-9-7-6-8-10-20)17-21(23)13-16-30(24)26(32)34-27(3,4)5/h6-12,17,19,24,28H,13-16,18H2,1-5H3,(H,29,31). The van der Waals surface area contributed by atoms with Gasteiger partial charge in [-0.25, -0.2) is 4.79 Å². The summed E-state index contributed by atoms with van der Waals surface area (Å²) in [5.74, 6) is 0.531. The van der Waals surface area contributed by atoms with Crippen molar-refractivity contribution >= 4 is 12.0 Å². The summed E-state index contributed by atoms with van der Waals surface area (Å²) < 4.78 is 11.6. The van der Waals surface area contributed by atoms with E-state index in [1.54, 1.807) is 0 Å². The zero-order valence-electron chi connectivity index (χ0n) is 20.9. The Morgan fingerprint density at radius 2 is 1.82 bits per heavy atom. The number of nitrogens with one attached hydrogen (secondary N) is 2. The molecule has 1 aliphatic heterocycles. The lowest BCUT2D eigenvalue weighted by Crippen LogP contribution is -2.49. The highest BCUT2D eigenvalue weighted by Crippen LogP contribution is 2.33. The van der Waals surface area contributed by atoms with E-state index in [9.17, 15) is 9.59 Å². The van der Waals surface area contributed by atoms with E-state index in [2.05, 4.69) is 24.5 Å². The fourth-order valence-electron chi connectivity index (χ4n) is 3.88. The maximum atomic E-state index is 13.3. The Labute approximate surface area is 202 Å². The molecule has 1 aliphatic rings. The Kier molecular flexibility index (Phi) is 8.56. The molecule has 0 bridgehead atoms. The zero-order chi connectivity index (χ0) is 24.7. The normalized spacial score (nSPS) is 15.6. The molecule has 0 saturated carbocycles. The summed E-state index contributed by atoms with van der Waals surface area (Å²) >= 11 is 0. The molecule has 1 unspecified atom stereocenters. The number of nitrogens with zero attached hydrogens (tertiary/aromatic N) is 1. The van der Waals surface area contributed by atoms with Crippen LogP contribution in [0.3, 0.4) is 0 Å². The van der Waals surface area contributed by atoms with Crippen molar-refractivity contribution < 1.29 is 19.1 Å². The minimum atomic E-state index is -0.749. The third kappa shape index (κ3) is 7.22. The second kappa shape index (κ2) is 11.4. The molecular weight excluding hydrogens is 430 g/mol. The van der Waals surface area contributed by atoms with Gasteiger partial charge in [0.2, 0.25) is 5.91 Å². The number of hydrogen-bond acceptors (Lipinski definition) is 5. The predicted molar refractivity (Wildman–Crippen MR) is 133 cm³/mol. The van der Waals surface area contributed by atoms with E-state index < -0.39 is 17.7 Å². The third-order valence-electron chi connectivity index (χ3n) is 5.44. The molecule has 2 aromatic rings. The summed E-state index contributed by atoms with van der Waals surface area (Å²) in [4.78, 5) is 27.8. The summed E-state index contributed by atoms with van der Waals surface area (Å²) in [7, 11) is 0. The van der Waals surface area contributed by atoms with Crippen molar-refractivity contribution in [1.29, 1.82) is 0 Å². The quantitative estimate of drug-likeness (QED) is 0.569. The molecule has 1 heterocycles. The van der Waals surface area contributed by atoms with Gasteiger partial charge in [-0.3, -0.25) is 9.69 Å². The van der Waals surface area contributed by atoms with Crippen LogP contribution in [0.5, 0.6) is 5.75 Å². The molecule has 0 saturated heterocycles. The van der Waals surface area contributed by atoms with Gasteiger partial charge in [-0.2, -0.15) is 0 Å². The smallest absolute Gasteiger partial charge is 0.411 e. The molecule has 0 radical (unpaired) electrons. The van der Waals surface area contributed by atoms with Gasteiger partial charge in [-0.1, -0.05) is 50.2 Å². The van der Waals surface area contributed by atoms with Crippen molar-refractivity contribution in [3.05, 3.63) is 65.2 Å². The number of rotatable bonds is 8. The molecule has 184 valence electrons. The fraction of sp³-hybridized carbons (Fsp3) is 0.481. The van der Waals surface area contributed by atoms with Crippen LogP contribution in [0.1, 0.15) is 57.4 Å². The Morgan fingerprint density at radius 3 is 2.50 bits per heavy atom. The first kappa shape index (κ1) is 25.6. The average Bonchev–Trinajstić information content (AvgIpc) is 2.78. The highest BCUT2D eigenvalue weighted by Gasteiger charge is 2.38. The summed E-state index contributed by atoms with van der Waals surface area (Å²) in [6.45, 7) is 11.6. The Hall–Kier alpha value is -3.06. The first-order valence-electron chi connectivity index (χ1n) is 11.9. The molecule has 0 aromatic heterocycles. The van der Waals surface area contributed by atoms with Crippen LogP contribution in [-0.2, 0) is 22.6 Å². The van der Waals surface area contributed by atoms with Crippen LogP contribution in [0.4, 0.5) is 4.79 Å². The molecular formula is C27H37N3O4. The largest absolute Gasteiger partial charge is 0.489 e. The second-order valence-electron chi connectivity index (χ2n) is 9.86. The van der Waals surface area contributed by atoms with E-state index in [0.29, 0.717) is 38.7 Å². The molecule has 7 nitrogen and oxygen atoms in total. The zero-order valence-corrected chi connectivity index (χ0v) is 20.9. The van der Waals surface area contributed by atoms with Crippen molar-refractivity contribution in [3.63, 3.8) is 0 Å². The van der Waals surface area contributed by atoms with Crippen molar-refractivity contribution in [1.82, 2.24) is 15.5 Å². The molecule has 2 amide bonds. The molecule has 1 atom stereocenters. The lowest BCUT2D eigenvalue weighted by molar-refractivity contribution is -0.127. The number of benzene rings is 2. The molecule has 0 fully saturated rings. The van der Waals surface area contributed by atoms with Gasteiger partial charge in [-0.15, -0.1) is 0 Å². The predicted octanol–water partition coefficient (Wildman–Crippen LogP) is 4.21. The molecule has 7 heteroatoms. The van der Waals surface area contributed by atoms with Crippen LogP contribution in [0.2, 0.25) is 0 Å². The highest BCUT2D eigenvalue weighted by atomic mass is 16.6. The van der Waals surface area contributed by atoms with E-state index in [-0.39, 0.29) is 5.91 Å². The molecule has 2 aromatic carbocycles. The Balaban J connectivity index is 1.78. The summed E-state index contributed by atoms with van der Waals surface area (Å²) in [6, 6.07) is 15.3. The van der Waals surface area contributed by atoms with Crippen molar-refractivity contribution in [2.45, 2.75) is 65.3 Å². The first-order valence-corrected chi connectivity index (χ1v) is 11.9. The third-order valence-corrected chi connectivity index (χ3v) is 5.44. The van der Waals surface area contributed by atoms with E-state index in [0.717, 1.165) is 22.4 Å². The van der Waals surface area contributed by atoms with Gasteiger partial charge in [0.25, 0.3) is 0 Å². The summed E-state index contributed by atoms with van der Waals surface area (Å²) in [5.41, 5.74) is 2.25. The maximum Gasteiger partial charge on any atom is 0.411 e.